The quantitative estimate of drug-likeness (QED) is 0.164. The Morgan fingerprint density at radius 3 is 0.905 bits per heavy atom. The van der Waals surface area contributed by atoms with Gasteiger partial charge in [-0.25, -0.2) is 0 Å². The number of fused-ring (bicyclic) bond motifs is 13. The summed E-state index contributed by atoms with van der Waals surface area (Å²) in [5, 5.41) is 12.7. The zero-order valence-corrected chi connectivity index (χ0v) is 40.3. The van der Waals surface area contributed by atoms with Crippen molar-refractivity contribution < 1.29 is 0 Å². The van der Waals surface area contributed by atoms with Crippen molar-refractivity contribution in [2.24, 2.45) is 0 Å². The van der Waals surface area contributed by atoms with Crippen molar-refractivity contribution in [3.63, 3.8) is 0 Å². The minimum atomic E-state index is 1.17. The topological polar surface area (TPSA) is 19.7 Å². The van der Waals surface area contributed by atoms with Gasteiger partial charge >= 0.3 is 0 Å². The average molecular weight is 943 g/mol. The summed E-state index contributed by atoms with van der Waals surface area (Å²) < 4.78 is 9.52. The second-order valence-corrected chi connectivity index (χ2v) is 19.3. The van der Waals surface area contributed by atoms with E-state index >= 15 is 0 Å². The normalized spacial score (nSPS) is 11.8. The third-order valence-electron chi connectivity index (χ3n) is 15.2. The number of hydrogen-bond donors (Lipinski definition) is 0. The fraction of sp³-hybridized carbons (Fsp3) is 0. The molecule has 0 spiro atoms. The summed E-state index contributed by atoms with van der Waals surface area (Å²) in [6.07, 6.45) is 0. The molecule has 4 heteroatoms. The fourth-order valence-corrected chi connectivity index (χ4v) is 11.9. The first kappa shape index (κ1) is 41.8. The predicted octanol–water partition coefficient (Wildman–Crippen LogP) is 18.6. The summed E-state index contributed by atoms with van der Waals surface area (Å²) >= 11 is 0. The summed E-state index contributed by atoms with van der Waals surface area (Å²) in [6.45, 7) is 0. The lowest BCUT2D eigenvalue weighted by Gasteiger charge is -2.12. The Balaban J connectivity index is 0.000000136. The molecule has 12 aromatic carbocycles. The standard InChI is InChI=1S/C40H26N2.C30H20N2/c1-2-12-31(13-3-1)41-37-16-8-6-14-33(37)35-25-29(19-22-39(35)41)30-20-23-40-36(26-30)34-15-7-9-17-38(34)42(40)32-21-18-27-10-4-5-11-28(27)24-32;1-5-16-27-23(12-1)24-13-2-6-17-28(24)31(27)21-10-9-11-22(20-21)32-29-18-7-3-14-25(29)26-15-4-8-19-30(26)32/h1-26H;1-20H. The van der Waals surface area contributed by atoms with Gasteiger partial charge in [-0.3, -0.25) is 0 Å². The van der Waals surface area contributed by atoms with Gasteiger partial charge in [0.2, 0.25) is 0 Å². The minimum absolute atomic E-state index is 1.17. The summed E-state index contributed by atoms with van der Waals surface area (Å²) in [7, 11) is 0. The van der Waals surface area contributed by atoms with E-state index in [0.717, 1.165) is 0 Å². The van der Waals surface area contributed by atoms with E-state index in [-0.39, 0.29) is 0 Å². The third kappa shape index (κ3) is 6.55. The van der Waals surface area contributed by atoms with Crippen LogP contribution >= 0.6 is 0 Å². The average Bonchev–Trinajstić information content (AvgIpc) is 4.21. The van der Waals surface area contributed by atoms with Crippen molar-refractivity contribution in [2.45, 2.75) is 0 Å². The Morgan fingerprint density at radius 2 is 0.473 bits per heavy atom. The molecule has 0 atom stereocenters. The molecule has 0 unspecified atom stereocenters. The van der Waals surface area contributed by atoms with Crippen molar-refractivity contribution in [1.29, 1.82) is 0 Å². The first-order valence-corrected chi connectivity index (χ1v) is 25.4. The van der Waals surface area contributed by atoms with Gasteiger partial charge in [-0.2, -0.15) is 0 Å². The highest BCUT2D eigenvalue weighted by Crippen LogP contribution is 2.40. The predicted molar refractivity (Wildman–Crippen MR) is 313 cm³/mol. The maximum absolute atomic E-state index is 2.40. The molecule has 0 aliphatic heterocycles. The Kier molecular flexibility index (Phi) is 9.54. The Hall–Kier alpha value is -9.90. The van der Waals surface area contributed by atoms with Crippen LogP contribution in [0.3, 0.4) is 0 Å². The highest BCUT2D eigenvalue weighted by Gasteiger charge is 2.18. The molecule has 0 N–H and O–H groups in total. The van der Waals surface area contributed by atoms with Crippen LogP contribution in [-0.4, -0.2) is 18.3 Å². The molecule has 0 saturated carbocycles. The number of aromatic nitrogens is 4. The molecule has 4 nitrogen and oxygen atoms in total. The summed E-state index contributed by atoms with van der Waals surface area (Å²) in [5.74, 6) is 0. The lowest BCUT2D eigenvalue weighted by molar-refractivity contribution is 1.13. The SMILES string of the molecule is c1cc(-n2c3ccccc3c3ccccc32)cc(-n2c3ccccc3c3ccccc32)c1.c1ccc(-n2c3ccccc3c3cc(-c4ccc5c(c4)c4ccccc4n5-c4ccc5ccccc5c4)ccc32)cc1. The number of rotatable bonds is 5. The molecule has 16 aromatic rings. The molecule has 0 amide bonds. The van der Waals surface area contributed by atoms with Crippen LogP contribution in [0.5, 0.6) is 0 Å². The van der Waals surface area contributed by atoms with Crippen LogP contribution in [0.2, 0.25) is 0 Å². The van der Waals surface area contributed by atoms with Crippen LogP contribution < -0.4 is 0 Å². The molecule has 4 aromatic heterocycles. The highest BCUT2D eigenvalue weighted by atomic mass is 15.0. The van der Waals surface area contributed by atoms with Crippen LogP contribution in [0.15, 0.2) is 279 Å². The Bertz CT molecular complexity index is 4610. The smallest absolute Gasteiger partial charge is 0.0541 e. The van der Waals surface area contributed by atoms with E-state index in [4.69, 9.17) is 0 Å². The second-order valence-electron chi connectivity index (χ2n) is 19.3. The molecule has 0 fully saturated rings. The van der Waals surface area contributed by atoms with Gasteiger partial charge in [-0.15, -0.1) is 0 Å². The van der Waals surface area contributed by atoms with Gasteiger partial charge in [0.15, 0.2) is 0 Å². The van der Waals surface area contributed by atoms with Crippen molar-refractivity contribution in [3.8, 4) is 33.9 Å². The molecular weight excluding hydrogens is 897 g/mol. The van der Waals surface area contributed by atoms with E-state index in [2.05, 4.69) is 297 Å². The van der Waals surface area contributed by atoms with Crippen LogP contribution in [0.25, 0.3) is 132 Å². The van der Waals surface area contributed by atoms with Gasteiger partial charge in [0, 0.05) is 65.8 Å². The van der Waals surface area contributed by atoms with E-state index in [1.54, 1.807) is 0 Å². The monoisotopic (exact) mass is 942 g/mol. The lowest BCUT2D eigenvalue weighted by atomic mass is 10.0. The van der Waals surface area contributed by atoms with Crippen molar-refractivity contribution in [3.05, 3.63) is 279 Å². The highest BCUT2D eigenvalue weighted by molar-refractivity contribution is 6.14. The Morgan fingerprint density at radius 1 is 0.162 bits per heavy atom. The van der Waals surface area contributed by atoms with Gasteiger partial charge in [-0.05, 0) is 125 Å². The van der Waals surface area contributed by atoms with E-state index in [9.17, 15) is 0 Å². The number of para-hydroxylation sites is 7. The zero-order valence-electron chi connectivity index (χ0n) is 40.3. The maximum atomic E-state index is 2.40. The number of nitrogens with zero attached hydrogens (tertiary/aromatic N) is 4. The van der Waals surface area contributed by atoms with E-state index in [1.807, 2.05) is 0 Å². The van der Waals surface area contributed by atoms with Gasteiger partial charge < -0.3 is 18.3 Å². The molecule has 0 bridgehead atoms. The van der Waals surface area contributed by atoms with Crippen LogP contribution in [-0.2, 0) is 0 Å². The van der Waals surface area contributed by atoms with E-state index in [1.165, 1.54) is 132 Å². The van der Waals surface area contributed by atoms with Gasteiger partial charge in [0.1, 0.15) is 0 Å². The molecule has 16 rings (SSSR count). The van der Waals surface area contributed by atoms with Crippen molar-refractivity contribution >= 4 is 98.0 Å². The molecule has 74 heavy (non-hydrogen) atoms. The largest absolute Gasteiger partial charge is 0.309 e. The molecule has 0 saturated heterocycles. The number of benzene rings is 12. The lowest BCUT2D eigenvalue weighted by Crippen LogP contribution is -1.98. The fourth-order valence-electron chi connectivity index (χ4n) is 11.9. The van der Waals surface area contributed by atoms with Gasteiger partial charge in [0.25, 0.3) is 0 Å². The Labute approximate surface area is 427 Å². The van der Waals surface area contributed by atoms with Crippen molar-refractivity contribution in [2.75, 3.05) is 0 Å². The van der Waals surface area contributed by atoms with Crippen LogP contribution in [0, 0.1) is 0 Å². The molecule has 4 heterocycles. The maximum Gasteiger partial charge on any atom is 0.0541 e. The summed E-state index contributed by atoms with van der Waals surface area (Å²) in [5.41, 5.74) is 17.0. The molecule has 346 valence electrons. The third-order valence-corrected chi connectivity index (χ3v) is 15.2. The van der Waals surface area contributed by atoms with Crippen LogP contribution in [0.1, 0.15) is 0 Å². The molecule has 0 aliphatic carbocycles. The first-order chi connectivity index (χ1) is 36.7. The summed E-state index contributed by atoms with van der Waals surface area (Å²) in [6, 6.07) is 101. The van der Waals surface area contributed by atoms with E-state index < -0.39 is 0 Å². The number of hydrogen-bond acceptors (Lipinski definition) is 0. The van der Waals surface area contributed by atoms with E-state index in [0.29, 0.717) is 0 Å². The second kappa shape index (κ2) is 16.9. The van der Waals surface area contributed by atoms with Gasteiger partial charge in [-0.1, -0.05) is 176 Å². The molecule has 0 radical (unpaired) electrons. The van der Waals surface area contributed by atoms with Crippen LogP contribution in [0.4, 0.5) is 0 Å². The zero-order chi connectivity index (χ0) is 48.7. The first-order valence-electron chi connectivity index (χ1n) is 25.4. The van der Waals surface area contributed by atoms with Crippen molar-refractivity contribution in [1.82, 2.24) is 18.3 Å². The van der Waals surface area contributed by atoms with Gasteiger partial charge in [0.05, 0.1) is 44.1 Å². The molecule has 0 aliphatic rings. The molecular formula is C70H46N4. The minimum Gasteiger partial charge on any atom is -0.309 e. The summed E-state index contributed by atoms with van der Waals surface area (Å²) in [4.78, 5) is 0.